The number of likely N-dealkylation sites (N-methyl/N-ethyl adjacent to an activating group) is 1. The molecule has 11 nitrogen and oxygen atoms in total. The van der Waals surface area contributed by atoms with Gasteiger partial charge in [0.2, 0.25) is 0 Å². The average Bonchev–Trinajstić information content (AvgIpc) is 3.52. The summed E-state index contributed by atoms with van der Waals surface area (Å²) in [4.78, 5) is 16.2. The summed E-state index contributed by atoms with van der Waals surface area (Å²) < 4.78 is 81.5. The number of hydrogen-bond donors (Lipinski definition) is 3. The highest BCUT2D eigenvalue weighted by Gasteiger charge is 2.89. The van der Waals surface area contributed by atoms with Crippen LogP contribution < -0.4 is 4.72 Å². The summed E-state index contributed by atoms with van der Waals surface area (Å²) in [5, 5.41) is 25.8. The summed E-state index contributed by atoms with van der Waals surface area (Å²) in [6.07, 6.45) is 1.04. The van der Waals surface area contributed by atoms with Crippen molar-refractivity contribution in [3.63, 3.8) is 0 Å². The Morgan fingerprint density at radius 1 is 1.02 bits per heavy atom. The molecule has 0 aromatic heterocycles. The van der Waals surface area contributed by atoms with Crippen LogP contribution in [0.4, 0.5) is 14.5 Å². The van der Waals surface area contributed by atoms with E-state index in [1.165, 1.54) is 12.1 Å². The van der Waals surface area contributed by atoms with Gasteiger partial charge in [-0.2, -0.15) is 0 Å². The van der Waals surface area contributed by atoms with E-state index in [1.807, 2.05) is 6.92 Å². The van der Waals surface area contributed by atoms with Crippen LogP contribution in [0.2, 0.25) is 0 Å². The molecule has 6 aliphatic rings. The number of anilines is 1. The maximum Gasteiger partial charge on any atom is 0.340 e. The third kappa shape index (κ3) is 4.15. The van der Waals surface area contributed by atoms with Crippen molar-refractivity contribution in [1.82, 2.24) is 4.90 Å². The van der Waals surface area contributed by atoms with Crippen molar-refractivity contribution in [3.05, 3.63) is 59.7 Å². The molecule has 0 radical (unpaired) electrons. The number of rotatable bonds is 9. The molecule has 5 saturated carbocycles. The van der Waals surface area contributed by atoms with Gasteiger partial charge in [-0.1, -0.05) is 19.1 Å². The quantitative estimate of drug-likeness (QED) is 0.331. The molecule has 2 aromatic carbocycles. The highest BCUT2D eigenvalue weighted by Crippen LogP contribution is 2.79. The van der Waals surface area contributed by atoms with Crippen molar-refractivity contribution >= 4 is 21.7 Å². The minimum absolute atomic E-state index is 0.0421. The van der Waals surface area contributed by atoms with Gasteiger partial charge in [-0.3, -0.25) is 9.62 Å². The Hall–Kier alpha value is -2.72. The van der Waals surface area contributed by atoms with E-state index >= 15 is 0 Å². The van der Waals surface area contributed by atoms with Crippen LogP contribution in [-0.4, -0.2) is 105 Å². The molecule has 272 valence electrons. The monoisotopic (exact) mass is 718 g/mol. The first kappa shape index (κ1) is 34.4. The van der Waals surface area contributed by atoms with E-state index < -0.39 is 72.7 Å². The Morgan fingerprint density at radius 3 is 2.46 bits per heavy atom. The third-order valence-electron chi connectivity index (χ3n) is 13.8. The molecule has 6 fully saturated rings. The number of carbonyl (C=O) groups excluding carboxylic acids is 1. The van der Waals surface area contributed by atoms with Gasteiger partial charge in [0.25, 0.3) is 10.0 Å². The number of halogens is 2. The number of ether oxygens (including phenoxy) is 4. The summed E-state index contributed by atoms with van der Waals surface area (Å²) in [5.74, 6) is -4.54. The number of methoxy groups -OCH3 is 3. The Kier molecular flexibility index (Phi) is 7.83. The van der Waals surface area contributed by atoms with E-state index in [1.54, 1.807) is 33.5 Å². The number of para-hydroxylation sites is 1. The van der Waals surface area contributed by atoms with Gasteiger partial charge < -0.3 is 29.2 Å². The first-order valence-corrected chi connectivity index (χ1v) is 18.8. The van der Waals surface area contributed by atoms with Gasteiger partial charge in [0.1, 0.15) is 16.8 Å². The first-order valence-electron chi connectivity index (χ1n) is 17.3. The zero-order valence-corrected chi connectivity index (χ0v) is 29.3. The van der Waals surface area contributed by atoms with E-state index in [2.05, 4.69) is 9.62 Å². The number of piperidine rings is 1. The molecule has 1 saturated heterocycles. The fourth-order valence-electron chi connectivity index (χ4n) is 12.2. The average molecular weight is 719 g/mol. The van der Waals surface area contributed by atoms with Crippen molar-refractivity contribution in [2.45, 2.75) is 85.1 Å². The number of aliphatic hydroxyl groups is 2. The van der Waals surface area contributed by atoms with Crippen LogP contribution in [0.3, 0.4) is 0 Å². The predicted octanol–water partition coefficient (Wildman–Crippen LogP) is 3.34. The zero-order valence-electron chi connectivity index (χ0n) is 28.5. The standard InChI is InChI=1S/C36H44F2N2O9S/c1-5-40-18-33(49-32(41)20-8-6-7-9-25(20)39-50(44,45)19-10-11-23(37)24(38)14-19)13-12-29(47-3)35-27(33)16-22(30(35)40)34(42)17-26(46-2)21-15-28(35)36(34,43)31(21)48-4/h6-11,14,21-22,26-31,39,42-43H,5,12-13,15-18H2,1-4H3/t21-,22+,26+,27-,28+,29+,30?,31+,33-,34+,35+,36+/m1/s1. The molecule has 1 aliphatic heterocycles. The Morgan fingerprint density at radius 2 is 1.78 bits per heavy atom. The second-order valence-electron chi connectivity index (χ2n) is 15.2. The molecule has 12 atom stereocenters. The van der Waals surface area contributed by atoms with Gasteiger partial charge in [-0.15, -0.1) is 0 Å². The fourth-order valence-corrected chi connectivity index (χ4v) is 13.3. The van der Waals surface area contributed by atoms with Crippen molar-refractivity contribution in [1.29, 1.82) is 0 Å². The van der Waals surface area contributed by atoms with Crippen LogP contribution in [0, 0.1) is 40.7 Å². The molecule has 50 heavy (non-hydrogen) atoms. The molecule has 1 heterocycles. The molecule has 1 unspecified atom stereocenters. The zero-order chi connectivity index (χ0) is 35.6. The number of hydrogen-bond acceptors (Lipinski definition) is 10. The lowest BCUT2D eigenvalue weighted by molar-refractivity contribution is -0.337. The Labute approximate surface area is 290 Å². The second kappa shape index (κ2) is 11.4. The molecule has 8 rings (SSSR count). The van der Waals surface area contributed by atoms with E-state index in [0.29, 0.717) is 44.8 Å². The number of carbonyl (C=O) groups is 1. The number of benzene rings is 2. The molecule has 0 amide bonds. The van der Waals surface area contributed by atoms with E-state index in [4.69, 9.17) is 18.9 Å². The molecule has 2 aromatic rings. The molecular formula is C36H44F2N2O9S. The number of nitrogens with one attached hydrogen (secondary N) is 1. The SMILES string of the molecule is CCN1C[C@]2(OC(=O)c3ccccc3NS(=O)(=O)c3ccc(F)c(F)c3)CC[C@H](OC)[C@]34C1[C@H](C[C@H]23)[C@@]1(O)C[C@H](OC)[C@H]2C[C@@H]4[C@]1(O)[C@H]2OC. The number of fused-ring (bicyclic) bond motifs is 2. The third-order valence-corrected chi connectivity index (χ3v) is 15.1. The minimum atomic E-state index is -4.41. The number of sulfonamides is 1. The molecule has 5 aliphatic carbocycles. The summed E-state index contributed by atoms with van der Waals surface area (Å²) in [6.45, 7) is 3.04. The van der Waals surface area contributed by atoms with Gasteiger partial charge in [0.15, 0.2) is 11.6 Å². The smallest absolute Gasteiger partial charge is 0.340 e. The first-order chi connectivity index (χ1) is 23.8. The van der Waals surface area contributed by atoms with Gasteiger partial charge in [0.05, 0.1) is 34.5 Å². The van der Waals surface area contributed by atoms with Crippen molar-refractivity contribution in [2.75, 3.05) is 39.1 Å². The maximum atomic E-state index is 14.4. The van der Waals surface area contributed by atoms with E-state index in [9.17, 15) is 32.2 Å². The van der Waals surface area contributed by atoms with Crippen molar-refractivity contribution < 1.29 is 51.2 Å². The van der Waals surface area contributed by atoms with Crippen LogP contribution in [0.25, 0.3) is 0 Å². The predicted molar refractivity (Wildman–Crippen MR) is 175 cm³/mol. The number of likely N-dealkylation sites (tertiary alicyclic amines) is 1. The van der Waals surface area contributed by atoms with Crippen molar-refractivity contribution in [3.8, 4) is 0 Å². The molecule has 14 heteroatoms. The Bertz CT molecular complexity index is 1830. The van der Waals surface area contributed by atoms with E-state index in [-0.39, 0.29) is 47.8 Å². The van der Waals surface area contributed by atoms with Crippen LogP contribution in [-0.2, 0) is 29.0 Å². The van der Waals surface area contributed by atoms with Crippen LogP contribution in [0.1, 0.15) is 49.4 Å². The van der Waals surface area contributed by atoms with Gasteiger partial charge in [-0.05, 0) is 62.6 Å². The lowest BCUT2D eigenvalue weighted by Gasteiger charge is -2.70. The number of esters is 1. The summed E-state index contributed by atoms with van der Waals surface area (Å²) in [5.41, 5.74) is -4.98. The van der Waals surface area contributed by atoms with Crippen LogP contribution >= 0.6 is 0 Å². The summed E-state index contributed by atoms with van der Waals surface area (Å²) >= 11 is 0. The summed E-state index contributed by atoms with van der Waals surface area (Å²) in [7, 11) is 0.481. The lowest BCUT2D eigenvalue weighted by Crippen LogP contribution is -2.83. The van der Waals surface area contributed by atoms with Gasteiger partial charge in [-0.25, -0.2) is 22.0 Å². The summed E-state index contributed by atoms with van der Waals surface area (Å²) in [6, 6.07) is 8.10. The minimum Gasteiger partial charge on any atom is -0.454 e. The van der Waals surface area contributed by atoms with Crippen molar-refractivity contribution in [2.24, 2.45) is 29.1 Å². The van der Waals surface area contributed by atoms with Crippen LogP contribution in [0.5, 0.6) is 0 Å². The molecule has 1 spiro atoms. The Balaban J connectivity index is 1.20. The second-order valence-corrected chi connectivity index (χ2v) is 16.9. The molecule has 3 N–H and O–H groups in total. The fraction of sp³-hybridized carbons (Fsp3) is 0.639. The largest absolute Gasteiger partial charge is 0.454 e. The van der Waals surface area contributed by atoms with Crippen LogP contribution in [0.15, 0.2) is 47.4 Å². The highest BCUT2D eigenvalue weighted by atomic mass is 32.2. The maximum absolute atomic E-state index is 14.4. The molecule has 7 bridgehead atoms. The highest BCUT2D eigenvalue weighted by molar-refractivity contribution is 7.92. The molecular weight excluding hydrogens is 674 g/mol. The number of nitrogens with zero attached hydrogens (tertiary/aromatic N) is 1. The topological polar surface area (TPSA) is 144 Å². The normalized spacial score (nSPS) is 42.7. The van der Waals surface area contributed by atoms with Gasteiger partial charge in [0, 0.05) is 69.4 Å². The van der Waals surface area contributed by atoms with E-state index in [0.717, 1.165) is 12.1 Å². The van der Waals surface area contributed by atoms with Gasteiger partial charge >= 0.3 is 5.97 Å². The lowest BCUT2D eigenvalue weighted by atomic mass is 9.44.